The van der Waals surface area contributed by atoms with E-state index in [1.54, 1.807) is 11.4 Å². The number of primary amides is 1. The molecule has 1 unspecified atom stereocenters. The quantitative estimate of drug-likeness (QED) is 0.744. The van der Waals surface area contributed by atoms with E-state index in [2.05, 4.69) is 0 Å². The van der Waals surface area contributed by atoms with Gasteiger partial charge in [0.15, 0.2) is 0 Å². The number of carbonyl (C=O) groups excluding carboxylic acids is 2. The summed E-state index contributed by atoms with van der Waals surface area (Å²) in [7, 11) is 0. The van der Waals surface area contributed by atoms with Crippen LogP contribution >= 0.6 is 11.3 Å². The highest BCUT2D eigenvalue weighted by atomic mass is 32.1. The molecule has 1 fully saturated rings. The van der Waals surface area contributed by atoms with E-state index in [1.165, 1.54) is 16.2 Å². The van der Waals surface area contributed by atoms with E-state index in [0.29, 0.717) is 23.5 Å². The maximum absolute atomic E-state index is 11.9. The largest absolute Gasteiger partial charge is 0.397 e. The molecule has 15 heavy (non-hydrogen) atoms. The van der Waals surface area contributed by atoms with Crippen molar-refractivity contribution in [2.24, 2.45) is 5.73 Å². The van der Waals surface area contributed by atoms with Crippen molar-refractivity contribution in [3.63, 3.8) is 0 Å². The summed E-state index contributed by atoms with van der Waals surface area (Å²) in [5.41, 5.74) is 11.2. The molecule has 2 heterocycles. The van der Waals surface area contributed by atoms with Crippen LogP contribution < -0.4 is 11.5 Å². The first-order valence-corrected chi connectivity index (χ1v) is 5.42. The molecular weight excluding hydrogens is 214 g/mol. The first-order chi connectivity index (χ1) is 7.11. The molecule has 5 nitrogen and oxygen atoms in total. The van der Waals surface area contributed by atoms with Crippen molar-refractivity contribution >= 4 is 28.8 Å². The molecule has 1 aliphatic heterocycles. The van der Waals surface area contributed by atoms with E-state index in [0.717, 1.165) is 0 Å². The Morgan fingerprint density at radius 3 is 2.67 bits per heavy atom. The first kappa shape index (κ1) is 9.97. The summed E-state index contributed by atoms with van der Waals surface area (Å²) >= 11 is 1.28. The fraction of sp³-hybridized carbons (Fsp3) is 0.333. The lowest BCUT2D eigenvalue weighted by atomic mass is 10.0. The Bertz CT molecular complexity index is 415. The molecule has 80 valence electrons. The Hall–Kier alpha value is -1.56. The number of nitrogen functional groups attached to an aromatic ring is 1. The minimum atomic E-state index is -0.459. The second kappa shape index (κ2) is 3.54. The van der Waals surface area contributed by atoms with Gasteiger partial charge in [-0.15, -0.1) is 11.3 Å². The van der Waals surface area contributed by atoms with Gasteiger partial charge in [0.1, 0.15) is 10.9 Å². The van der Waals surface area contributed by atoms with Gasteiger partial charge in [-0.25, -0.2) is 0 Å². The van der Waals surface area contributed by atoms with Crippen LogP contribution in [0.1, 0.15) is 16.1 Å². The van der Waals surface area contributed by atoms with E-state index in [9.17, 15) is 9.59 Å². The number of nitrogens with two attached hydrogens (primary N) is 2. The monoisotopic (exact) mass is 225 g/mol. The van der Waals surface area contributed by atoms with Crippen LogP contribution in [0.4, 0.5) is 5.69 Å². The second-order valence-electron chi connectivity index (χ2n) is 3.41. The molecule has 0 aliphatic carbocycles. The Kier molecular flexibility index (Phi) is 2.36. The van der Waals surface area contributed by atoms with Gasteiger partial charge in [-0.2, -0.15) is 0 Å². The van der Waals surface area contributed by atoms with Crippen molar-refractivity contribution in [2.75, 3.05) is 12.3 Å². The van der Waals surface area contributed by atoms with Gasteiger partial charge in [-0.3, -0.25) is 9.59 Å². The van der Waals surface area contributed by atoms with Crippen LogP contribution in [-0.4, -0.2) is 29.3 Å². The summed E-state index contributed by atoms with van der Waals surface area (Å²) in [6.45, 7) is 0.573. The van der Waals surface area contributed by atoms with Crippen LogP contribution in [0, 0.1) is 0 Å². The van der Waals surface area contributed by atoms with Crippen LogP contribution in [0.25, 0.3) is 0 Å². The summed E-state index contributed by atoms with van der Waals surface area (Å²) < 4.78 is 0. The van der Waals surface area contributed by atoms with E-state index in [4.69, 9.17) is 11.5 Å². The molecule has 1 aromatic rings. The van der Waals surface area contributed by atoms with Gasteiger partial charge in [-0.05, 0) is 17.9 Å². The average Bonchev–Trinajstić information content (AvgIpc) is 2.47. The molecule has 0 aromatic carbocycles. The summed E-state index contributed by atoms with van der Waals surface area (Å²) in [6.07, 6.45) is 0.645. The van der Waals surface area contributed by atoms with Crippen molar-refractivity contribution in [1.29, 1.82) is 0 Å². The lowest BCUT2D eigenvalue weighted by Gasteiger charge is -2.38. The van der Waals surface area contributed by atoms with Crippen molar-refractivity contribution in [3.05, 3.63) is 16.3 Å². The number of carbonyl (C=O) groups is 2. The summed E-state index contributed by atoms with van der Waals surface area (Å²) in [4.78, 5) is 24.8. The van der Waals surface area contributed by atoms with Crippen molar-refractivity contribution < 1.29 is 9.59 Å². The molecule has 0 spiro atoms. The smallest absolute Gasteiger partial charge is 0.266 e. The van der Waals surface area contributed by atoms with Crippen molar-refractivity contribution in [2.45, 2.75) is 12.5 Å². The number of rotatable bonds is 2. The number of hydrogen-bond donors (Lipinski definition) is 2. The zero-order valence-corrected chi connectivity index (χ0v) is 8.79. The predicted molar refractivity (Wildman–Crippen MR) is 57.4 cm³/mol. The summed E-state index contributed by atoms with van der Waals surface area (Å²) in [5.74, 6) is -0.651. The highest BCUT2D eigenvalue weighted by Crippen LogP contribution is 2.26. The van der Waals surface area contributed by atoms with Crippen LogP contribution in [0.3, 0.4) is 0 Å². The van der Waals surface area contributed by atoms with Gasteiger partial charge >= 0.3 is 0 Å². The number of amides is 2. The number of hydrogen-bond acceptors (Lipinski definition) is 4. The molecule has 0 bridgehead atoms. The molecule has 4 N–H and O–H groups in total. The first-order valence-electron chi connectivity index (χ1n) is 4.54. The minimum Gasteiger partial charge on any atom is -0.397 e. The van der Waals surface area contributed by atoms with Gasteiger partial charge in [0.25, 0.3) is 5.91 Å². The van der Waals surface area contributed by atoms with Crippen molar-refractivity contribution in [3.8, 4) is 0 Å². The Balaban J connectivity index is 2.16. The van der Waals surface area contributed by atoms with Crippen LogP contribution in [-0.2, 0) is 4.79 Å². The van der Waals surface area contributed by atoms with E-state index < -0.39 is 11.9 Å². The standard InChI is InChI=1S/C9H11N3O2S/c10-5-2-4-15-7(5)9(14)12-3-1-6(12)8(11)13/h2,4,6H,1,3,10H2,(H2,11,13). The lowest BCUT2D eigenvalue weighted by molar-refractivity contribution is -0.125. The fourth-order valence-electron chi connectivity index (χ4n) is 1.55. The van der Waals surface area contributed by atoms with Gasteiger partial charge in [0, 0.05) is 6.54 Å². The Morgan fingerprint density at radius 1 is 1.53 bits per heavy atom. The molecule has 1 atom stereocenters. The molecule has 1 saturated heterocycles. The average molecular weight is 225 g/mol. The van der Waals surface area contributed by atoms with Crippen LogP contribution in [0.2, 0.25) is 0 Å². The normalized spacial score (nSPS) is 19.7. The molecule has 0 saturated carbocycles. The third kappa shape index (κ3) is 1.56. The SMILES string of the molecule is NC(=O)C1CCN1C(=O)c1sccc1N. The van der Waals surface area contributed by atoms with E-state index in [1.807, 2.05) is 0 Å². The minimum absolute atomic E-state index is 0.197. The van der Waals surface area contributed by atoms with Crippen LogP contribution in [0.15, 0.2) is 11.4 Å². The molecule has 6 heteroatoms. The summed E-state index contributed by atoms with van der Waals surface area (Å²) in [6, 6.07) is 1.22. The second-order valence-corrected chi connectivity index (χ2v) is 4.33. The number of likely N-dealkylation sites (tertiary alicyclic amines) is 1. The van der Waals surface area contributed by atoms with Gasteiger partial charge in [0.2, 0.25) is 5.91 Å². The third-order valence-corrected chi connectivity index (χ3v) is 3.42. The number of nitrogens with zero attached hydrogens (tertiary/aromatic N) is 1. The number of anilines is 1. The molecule has 2 amide bonds. The molecular formula is C9H11N3O2S. The molecule has 1 aliphatic rings. The summed E-state index contributed by atoms with van der Waals surface area (Å²) in [5, 5.41) is 1.75. The zero-order valence-electron chi connectivity index (χ0n) is 7.97. The highest BCUT2D eigenvalue weighted by molar-refractivity contribution is 7.12. The molecule has 2 rings (SSSR count). The van der Waals surface area contributed by atoms with Gasteiger partial charge in [0.05, 0.1) is 5.69 Å². The fourth-order valence-corrected chi connectivity index (χ4v) is 2.32. The van der Waals surface area contributed by atoms with E-state index in [-0.39, 0.29) is 5.91 Å². The lowest BCUT2D eigenvalue weighted by Crippen LogP contribution is -2.57. The Morgan fingerprint density at radius 2 is 2.27 bits per heavy atom. The topological polar surface area (TPSA) is 89.4 Å². The molecule has 1 aromatic heterocycles. The zero-order chi connectivity index (χ0) is 11.0. The molecule has 0 radical (unpaired) electrons. The third-order valence-electron chi connectivity index (χ3n) is 2.50. The maximum atomic E-state index is 11.9. The van der Waals surface area contributed by atoms with Gasteiger partial charge < -0.3 is 16.4 Å². The predicted octanol–water partition coefficient (Wildman–Crippen LogP) is 0.0301. The Labute approximate surface area is 90.7 Å². The maximum Gasteiger partial charge on any atom is 0.266 e. The van der Waals surface area contributed by atoms with Crippen LogP contribution in [0.5, 0.6) is 0 Å². The highest BCUT2D eigenvalue weighted by Gasteiger charge is 2.37. The van der Waals surface area contributed by atoms with Gasteiger partial charge in [-0.1, -0.05) is 0 Å². The number of thiophene rings is 1. The van der Waals surface area contributed by atoms with E-state index >= 15 is 0 Å². The van der Waals surface area contributed by atoms with Crippen molar-refractivity contribution in [1.82, 2.24) is 4.90 Å².